The number of rotatable bonds is 4. The summed E-state index contributed by atoms with van der Waals surface area (Å²) >= 11 is 0. The van der Waals surface area contributed by atoms with Gasteiger partial charge < -0.3 is 0 Å². The second kappa shape index (κ2) is 8.69. The first-order valence-corrected chi connectivity index (χ1v) is 11.1. The van der Waals surface area contributed by atoms with E-state index < -0.39 is 0 Å². The minimum atomic E-state index is 1.23. The van der Waals surface area contributed by atoms with Crippen LogP contribution in [0.15, 0.2) is 121 Å². The predicted molar refractivity (Wildman–Crippen MR) is 138 cm³/mol. The monoisotopic (exact) mass is 410 g/mol. The highest BCUT2D eigenvalue weighted by molar-refractivity contribution is 5.77. The van der Waals surface area contributed by atoms with Crippen LogP contribution < -0.4 is 0 Å². The Bertz CT molecular complexity index is 1230. The van der Waals surface area contributed by atoms with Crippen molar-refractivity contribution >= 4 is 0 Å². The Morgan fingerprint density at radius 3 is 0.812 bits per heavy atom. The van der Waals surface area contributed by atoms with Crippen molar-refractivity contribution in [3.8, 4) is 44.5 Å². The lowest BCUT2D eigenvalue weighted by Gasteiger charge is -2.09. The first-order valence-electron chi connectivity index (χ1n) is 11.1. The number of hydrogen-bond donors (Lipinski definition) is 0. The zero-order chi connectivity index (χ0) is 21.9. The SMILES string of the molecule is Cc1ccc(-c2cccc(-c3ccc(-c4cccc(-c5ccc(C)cc5)c4)cc3)c2)cc1. The van der Waals surface area contributed by atoms with E-state index in [1.807, 2.05) is 0 Å². The number of benzene rings is 5. The summed E-state index contributed by atoms with van der Waals surface area (Å²) in [6.07, 6.45) is 0. The Morgan fingerprint density at radius 1 is 0.281 bits per heavy atom. The van der Waals surface area contributed by atoms with Gasteiger partial charge in [0.05, 0.1) is 0 Å². The molecule has 5 aromatic rings. The largest absolute Gasteiger partial charge is 0.0610 e. The quantitative estimate of drug-likeness (QED) is 0.277. The van der Waals surface area contributed by atoms with Gasteiger partial charge in [0.2, 0.25) is 0 Å². The van der Waals surface area contributed by atoms with Crippen LogP contribution in [0.5, 0.6) is 0 Å². The van der Waals surface area contributed by atoms with Gasteiger partial charge in [-0.15, -0.1) is 0 Å². The predicted octanol–water partition coefficient (Wildman–Crippen LogP) is 8.97. The molecular formula is C32H26. The van der Waals surface area contributed by atoms with Crippen molar-refractivity contribution in [1.82, 2.24) is 0 Å². The van der Waals surface area contributed by atoms with Gasteiger partial charge in [0.1, 0.15) is 0 Å². The van der Waals surface area contributed by atoms with Gasteiger partial charge in [0.25, 0.3) is 0 Å². The van der Waals surface area contributed by atoms with Gasteiger partial charge in [-0.1, -0.05) is 120 Å². The van der Waals surface area contributed by atoms with E-state index in [1.165, 1.54) is 55.6 Å². The van der Waals surface area contributed by atoms with Crippen LogP contribution in [0.4, 0.5) is 0 Å². The summed E-state index contributed by atoms with van der Waals surface area (Å²) in [4.78, 5) is 0. The first-order chi connectivity index (χ1) is 15.7. The Kier molecular flexibility index (Phi) is 5.44. The molecule has 0 aliphatic heterocycles. The molecule has 0 saturated carbocycles. The summed E-state index contributed by atoms with van der Waals surface area (Å²) in [6, 6.07) is 43.9. The van der Waals surface area contributed by atoms with Gasteiger partial charge in [-0.25, -0.2) is 0 Å². The average molecular weight is 411 g/mol. The lowest BCUT2D eigenvalue weighted by atomic mass is 9.95. The maximum Gasteiger partial charge on any atom is -0.0178 e. The molecule has 0 bridgehead atoms. The molecule has 0 atom stereocenters. The van der Waals surface area contributed by atoms with E-state index in [9.17, 15) is 0 Å². The first kappa shape index (κ1) is 20.0. The van der Waals surface area contributed by atoms with Crippen molar-refractivity contribution in [2.24, 2.45) is 0 Å². The van der Waals surface area contributed by atoms with Gasteiger partial charge in [0, 0.05) is 0 Å². The van der Waals surface area contributed by atoms with Crippen molar-refractivity contribution in [3.05, 3.63) is 132 Å². The Hall–Kier alpha value is -3.90. The van der Waals surface area contributed by atoms with E-state index >= 15 is 0 Å². The molecule has 0 saturated heterocycles. The molecule has 32 heavy (non-hydrogen) atoms. The van der Waals surface area contributed by atoms with Crippen molar-refractivity contribution < 1.29 is 0 Å². The van der Waals surface area contributed by atoms with Crippen molar-refractivity contribution in [2.45, 2.75) is 13.8 Å². The van der Waals surface area contributed by atoms with Crippen molar-refractivity contribution in [1.29, 1.82) is 0 Å². The summed E-state index contributed by atoms with van der Waals surface area (Å²) in [7, 11) is 0. The van der Waals surface area contributed by atoms with Crippen LogP contribution >= 0.6 is 0 Å². The molecule has 0 heterocycles. The smallest absolute Gasteiger partial charge is 0.0178 e. The Labute approximate surface area is 190 Å². The van der Waals surface area contributed by atoms with Crippen LogP contribution in [0.25, 0.3) is 44.5 Å². The molecule has 0 aliphatic rings. The van der Waals surface area contributed by atoms with Gasteiger partial charge in [-0.3, -0.25) is 0 Å². The van der Waals surface area contributed by atoms with Crippen LogP contribution in [0.1, 0.15) is 11.1 Å². The fourth-order valence-electron chi connectivity index (χ4n) is 4.10. The maximum absolute atomic E-state index is 2.28. The molecule has 5 aromatic carbocycles. The molecule has 0 radical (unpaired) electrons. The van der Waals surface area contributed by atoms with Crippen molar-refractivity contribution in [3.63, 3.8) is 0 Å². The third kappa shape index (κ3) is 4.26. The fraction of sp³-hybridized carbons (Fsp3) is 0.0625. The summed E-state index contributed by atoms with van der Waals surface area (Å²) < 4.78 is 0. The highest BCUT2D eigenvalue weighted by Crippen LogP contribution is 2.30. The normalized spacial score (nSPS) is 10.8. The molecule has 0 aromatic heterocycles. The Balaban J connectivity index is 1.43. The van der Waals surface area contributed by atoms with Crippen LogP contribution in [0.3, 0.4) is 0 Å². The van der Waals surface area contributed by atoms with Crippen molar-refractivity contribution in [2.75, 3.05) is 0 Å². The zero-order valence-electron chi connectivity index (χ0n) is 18.5. The minimum absolute atomic E-state index is 1.23. The second-order valence-corrected chi connectivity index (χ2v) is 8.47. The van der Waals surface area contributed by atoms with E-state index in [0.29, 0.717) is 0 Å². The van der Waals surface area contributed by atoms with E-state index in [2.05, 4.69) is 135 Å². The summed E-state index contributed by atoms with van der Waals surface area (Å²) in [6.45, 7) is 4.25. The third-order valence-electron chi connectivity index (χ3n) is 6.05. The van der Waals surface area contributed by atoms with Gasteiger partial charge in [0.15, 0.2) is 0 Å². The summed E-state index contributed by atoms with van der Waals surface area (Å²) in [5, 5.41) is 0. The standard InChI is InChI=1S/C32H26/c1-23-9-13-25(14-10-23)29-5-3-7-31(21-29)27-17-19-28(20-18-27)32-8-4-6-30(22-32)26-15-11-24(2)12-16-26/h3-22H,1-2H3. The summed E-state index contributed by atoms with van der Waals surface area (Å²) in [5.74, 6) is 0. The van der Waals surface area contributed by atoms with E-state index in [1.54, 1.807) is 0 Å². The molecule has 0 fully saturated rings. The highest BCUT2D eigenvalue weighted by atomic mass is 14.1. The molecular weight excluding hydrogens is 384 g/mol. The second-order valence-electron chi connectivity index (χ2n) is 8.47. The molecule has 0 nitrogen and oxygen atoms in total. The molecule has 0 heteroatoms. The Morgan fingerprint density at radius 2 is 0.531 bits per heavy atom. The topological polar surface area (TPSA) is 0 Å². The van der Waals surface area contributed by atoms with E-state index in [0.717, 1.165) is 0 Å². The third-order valence-corrected chi connectivity index (χ3v) is 6.05. The van der Waals surface area contributed by atoms with E-state index in [4.69, 9.17) is 0 Å². The lowest BCUT2D eigenvalue weighted by molar-refractivity contribution is 1.47. The van der Waals surface area contributed by atoms with Crippen LogP contribution in [-0.2, 0) is 0 Å². The number of aryl methyl sites for hydroxylation is 2. The van der Waals surface area contributed by atoms with Crippen LogP contribution in [-0.4, -0.2) is 0 Å². The van der Waals surface area contributed by atoms with Crippen LogP contribution in [0, 0.1) is 13.8 Å². The number of hydrogen-bond acceptors (Lipinski definition) is 0. The molecule has 0 amide bonds. The minimum Gasteiger partial charge on any atom is -0.0610 e. The fourth-order valence-corrected chi connectivity index (χ4v) is 4.10. The highest BCUT2D eigenvalue weighted by Gasteiger charge is 2.05. The average Bonchev–Trinajstić information content (AvgIpc) is 2.85. The summed E-state index contributed by atoms with van der Waals surface area (Å²) in [5.41, 5.74) is 12.5. The molecule has 5 rings (SSSR count). The molecule has 154 valence electrons. The molecule has 0 spiro atoms. The molecule has 0 unspecified atom stereocenters. The van der Waals surface area contributed by atoms with Gasteiger partial charge >= 0.3 is 0 Å². The molecule has 0 N–H and O–H groups in total. The van der Waals surface area contributed by atoms with Gasteiger partial charge in [-0.2, -0.15) is 0 Å². The van der Waals surface area contributed by atoms with E-state index in [-0.39, 0.29) is 0 Å². The zero-order valence-corrected chi connectivity index (χ0v) is 18.5. The maximum atomic E-state index is 2.28. The molecule has 0 aliphatic carbocycles. The lowest BCUT2D eigenvalue weighted by Crippen LogP contribution is -1.84. The van der Waals surface area contributed by atoms with Crippen LogP contribution in [0.2, 0.25) is 0 Å². The van der Waals surface area contributed by atoms with Gasteiger partial charge in [-0.05, 0) is 70.5 Å².